The van der Waals surface area contributed by atoms with Crippen LogP contribution in [0, 0.1) is 18.8 Å². The maximum atomic E-state index is 5.16. The molecule has 0 fully saturated rings. The van der Waals surface area contributed by atoms with Gasteiger partial charge < -0.3 is 14.4 Å². The van der Waals surface area contributed by atoms with E-state index in [-0.39, 0.29) is 37.3 Å². The first-order valence-electron chi connectivity index (χ1n) is 24.5. The fourth-order valence-corrected chi connectivity index (χ4v) is 10.1. The summed E-state index contributed by atoms with van der Waals surface area (Å²) in [5.41, 5.74) is 15.4. The monoisotopic (exact) mass is 1100 g/mol. The van der Waals surface area contributed by atoms with Gasteiger partial charge in [-0.15, -0.1) is 17.7 Å². The van der Waals surface area contributed by atoms with Gasteiger partial charge in [-0.05, 0) is 110 Å². The van der Waals surface area contributed by atoms with Gasteiger partial charge in [0.1, 0.15) is 5.82 Å². The van der Waals surface area contributed by atoms with Crippen molar-refractivity contribution in [1.29, 1.82) is 0 Å². The molecule has 3 heterocycles. The summed E-state index contributed by atoms with van der Waals surface area (Å²) in [7, 11) is 0. The summed E-state index contributed by atoms with van der Waals surface area (Å²) in [6.45, 7) is 29.8. The topological polar surface area (TPSA) is 24.3 Å². The number of hydrogen-bond acceptors (Lipinski definition) is 3. The van der Waals surface area contributed by atoms with Gasteiger partial charge in [-0.3, -0.25) is 0 Å². The summed E-state index contributed by atoms with van der Waals surface area (Å²) in [5, 5.41) is 2.35. The first-order valence-corrected chi connectivity index (χ1v) is 24.5. The van der Waals surface area contributed by atoms with Gasteiger partial charge >= 0.3 is 0 Å². The molecule has 2 aromatic heterocycles. The molecule has 0 radical (unpaired) electrons. The minimum absolute atomic E-state index is 0. The average Bonchev–Trinajstić information content (AvgIpc) is 3.89. The van der Waals surface area contributed by atoms with Crippen molar-refractivity contribution >= 4 is 44.6 Å². The van der Waals surface area contributed by atoms with Crippen molar-refractivity contribution in [2.75, 3.05) is 9.80 Å². The molecule has 9 aromatic rings. The Morgan fingerprint density at radius 3 is 1.61 bits per heavy atom. The zero-order valence-corrected chi connectivity index (χ0v) is 45.1. The van der Waals surface area contributed by atoms with E-state index in [4.69, 9.17) is 4.98 Å². The molecule has 0 spiro atoms. The van der Waals surface area contributed by atoms with E-state index < -0.39 is 10.8 Å². The van der Waals surface area contributed by atoms with Crippen molar-refractivity contribution in [2.24, 2.45) is 0 Å². The molecule has 0 saturated heterocycles. The summed E-state index contributed by atoms with van der Waals surface area (Å²) in [5.74, 6) is 0.865. The molecule has 1 aliphatic rings. The van der Waals surface area contributed by atoms with E-state index in [1.165, 1.54) is 38.8 Å². The normalized spacial score (nSPS) is 13.5. The first-order chi connectivity index (χ1) is 32.7. The second-order valence-corrected chi connectivity index (χ2v) is 22.9. The number of rotatable bonds is 8. The van der Waals surface area contributed by atoms with E-state index in [0.29, 0.717) is 0 Å². The number of para-hydroxylation sites is 2. The van der Waals surface area contributed by atoms with Gasteiger partial charge in [0.05, 0.1) is 0 Å². The molecule has 10 rings (SSSR count). The van der Waals surface area contributed by atoms with Gasteiger partial charge in [-0.25, -0.2) is 4.98 Å². The molecule has 7 aromatic carbocycles. The molecule has 1 aliphatic heterocycles. The number of anilines is 4. The molecule has 4 nitrogen and oxygen atoms in total. The molecular formula is C65H65N4Pt-3. The van der Waals surface area contributed by atoms with Gasteiger partial charge in [0, 0.05) is 55.3 Å². The molecule has 70 heavy (non-hydrogen) atoms. The Hall–Kier alpha value is -6.22. The van der Waals surface area contributed by atoms with Crippen LogP contribution in [0.15, 0.2) is 170 Å². The summed E-state index contributed by atoms with van der Waals surface area (Å²) >= 11 is 0. The van der Waals surface area contributed by atoms with E-state index in [0.717, 1.165) is 56.1 Å². The van der Waals surface area contributed by atoms with Crippen molar-refractivity contribution < 1.29 is 21.1 Å². The van der Waals surface area contributed by atoms with Crippen LogP contribution in [0.2, 0.25) is 0 Å². The second kappa shape index (κ2) is 17.9. The van der Waals surface area contributed by atoms with Gasteiger partial charge in [0.25, 0.3) is 0 Å². The first kappa shape index (κ1) is 48.8. The van der Waals surface area contributed by atoms with Crippen LogP contribution in [0.4, 0.5) is 22.7 Å². The van der Waals surface area contributed by atoms with Crippen LogP contribution in [-0.4, -0.2) is 9.55 Å². The van der Waals surface area contributed by atoms with Crippen LogP contribution in [0.25, 0.3) is 27.6 Å². The largest absolute Gasteiger partial charge is 0.493 e. The molecule has 0 amide bonds. The number of nitrogens with zero attached hydrogens (tertiary/aromatic N) is 4. The number of benzene rings is 7. The predicted octanol–water partition coefficient (Wildman–Crippen LogP) is 16.8. The Morgan fingerprint density at radius 1 is 0.443 bits per heavy atom. The predicted molar refractivity (Wildman–Crippen MR) is 291 cm³/mol. The minimum atomic E-state index is -0.460. The minimum Gasteiger partial charge on any atom is -0.493 e. The van der Waals surface area contributed by atoms with E-state index in [9.17, 15) is 0 Å². The third-order valence-corrected chi connectivity index (χ3v) is 14.7. The number of hydrogen-bond donors (Lipinski definition) is 0. The van der Waals surface area contributed by atoms with Crippen LogP contribution in [0.1, 0.15) is 128 Å². The molecule has 0 saturated carbocycles. The van der Waals surface area contributed by atoms with Crippen molar-refractivity contribution in [3.05, 3.63) is 233 Å². The molecule has 358 valence electrons. The van der Waals surface area contributed by atoms with E-state index in [2.05, 4.69) is 280 Å². The van der Waals surface area contributed by atoms with Gasteiger partial charge in [0.2, 0.25) is 0 Å². The molecule has 0 bridgehead atoms. The van der Waals surface area contributed by atoms with E-state index >= 15 is 0 Å². The Labute approximate surface area is 431 Å². The van der Waals surface area contributed by atoms with Crippen LogP contribution >= 0.6 is 0 Å². The molecule has 0 unspecified atom stereocenters. The molecule has 0 aliphatic carbocycles. The van der Waals surface area contributed by atoms with Crippen molar-refractivity contribution in [2.45, 2.75) is 110 Å². The third-order valence-electron chi connectivity index (χ3n) is 14.7. The van der Waals surface area contributed by atoms with Crippen molar-refractivity contribution in [3.63, 3.8) is 0 Å². The number of pyridine rings is 1. The summed E-state index contributed by atoms with van der Waals surface area (Å²) in [6.07, 6.45) is 1.98. The standard InChI is InChI=1S/C65H65N4.Pt/c1-61(2,3)46-31-33-56-55(40-46)54-32-30-48(41-59(54)69(56)60-42-49(34-35-66-60)65(12,44-22-15-13-16-23-44)45-24-17-14-18-25-45)64(10,11)47-26-21-27-52(37-47)67-43-68(58-29-20-19-28-57(58)67)53-38-50(62(4,5)6)36-51(39-53)63(7,8)9;/h13-36,38-40,42-43H,1-12H3;/q-3;. The summed E-state index contributed by atoms with van der Waals surface area (Å²) < 4.78 is 2.33. The summed E-state index contributed by atoms with van der Waals surface area (Å²) in [4.78, 5) is 9.81. The van der Waals surface area contributed by atoms with Crippen LogP contribution in [0.3, 0.4) is 0 Å². The smallest absolute Gasteiger partial charge is 0.135 e. The van der Waals surface area contributed by atoms with Crippen LogP contribution in [-0.2, 0) is 48.1 Å². The SMILES string of the molecule is CC(C)(C)c1cc(N2[CH-]N(c3[c-]c(C(C)(C)c4[c-]c5c(cc4)c4cc(C(C)(C)C)ccc4n5-c4cc(C(C)(c5ccccc5)c5ccccc5)ccn4)ccc3)c3ccccc32)cc(C(C)(C)C)c1.[Pt]. The molecule has 0 atom stereocenters. The molecular weight excluding hydrogens is 1030 g/mol. The van der Waals surface area contributed by atoms with Crippen molar-refractivity contribution in [1.82, 2.24) is 9.55 Å². The second-order valence-electron chi connectivity index (χ2n) is 22.9. The third kappa shape index (κ3) is 8.61. The van der Waals surface area contributed by atoms with Gasteiger partial charge in [0.15, 0.2) is 0 Å². The Bertz CT molecular complexity index is 3290. The fourth-order valence-electron chi connectivity index (χ4n) is 10.1. The van der Waals surface area contributed by atoms with E-state index in [1.54, 1.807) is 0 Å². The number of fused-ring (bicyclic) bond motifs is 4. The van der Waals surface area contributed by atoms with Crippen molar-refractivity contribution in [3.8, 4) is 5.82 Å². The van der Waals surface area contributed by atoms with Crippen LogP contribution < -0.4 is 9.80 Å². The number of aromatic nitrogens is 2. The Balaban J connectivity index is 0.00000608. The quantitative estimate of drug-likeness (QED) is 0.142. The van der Waals surface area contributed by atoms with Gasteiger partial charge in [-0.1, -0.05) is 173 Å². The average molecular weight is 1100 g/mol. The maximum absolute atomic E-state index is 5.16. The maximum Gasteiger partial charge on any atom is 0.135 e. The van der Waals surface area contributed by atoms with E-state index in [1.807, 2.05) is 6.20 Å². The Kier molecular flexibility index (Phi) is 12.5. The molecule has 5 heteroatoms. The zero-order valence-electron chi connectivity index (χ0n) is 42.8. The Morgan fingerprint density at radius 2 is 1.01 bits per heavy atom. The molecule has 0 N–H and O–H groups in total. The zero-order chi connectivity index (χ0) is 48.7. The van der Waals surface area contributed by atoms with Gasteiger partial charge in [-0.2, -0.15) is 53.6 Å². The fraction of sp³-hybridized carbons (Fsp3) is 0.262. The summed E-state index contributed by atoms with van der Waals surface area (Å²) in [6, 6.07) is 68.0. The van der Waals surface area contributed by atoms with Crippen LogP contribution in [0.5, 0.6) is 0 Å².